The lowest BCUT2D eigenvalue weighted by Gasteiger charge is -2.19. The molecule has 8 nitrogen and oxygen atoms in total. The molecular weight excluding hydrogens is 420 g/mol. The zero-order valence-corrected chi connectivity index (χ0v) is 19.7. The topological polar surface area (TPSA) is 103 Å². The summed E-state index contributed by atoms with van der Waals surface area (Å²) in [7, 11) is 1.79. The number of unbranched alkanes of at least 4 members (excludes halogenated alkanes) is 1. The number of esters is 1. The van der Waals surface area contributed by atoms with Crippen molar-refractivity contribution in [2.75, 3.05) is 43.3 Å². The SMILES string of the molecule is CCCC[S+](C)CCC(=O)Nc1cccc(OC(CCOC)OC(=O)CNC(C)=O)c1. The number of hydrogen-bond donors (Lipinski definition) is 2. The Balaban J connectivity index is 2.62. The first kappa shape index (κ1) is 26.8. The van der Waals surface area contributed by atoms with Crippen molar-refractivity contribution in [3.63, 3.8) is 0 Å². The van der Waals surface area contributed by atoms with Gasteiger partial charge in [-0.05, 0) is 29.4 Å². The number of nitrogens with one attached hydrogen (secondary N) is 2. The highest BCUT2D eigenvalue weighted by Crippen LogP contribution is 2.20. The highest BCUT2D eigenvalue weighted by atomic mass is 32.2. The van der Waals surface area contributed by atoms with Gasteiger partial charge in [0.2, 0.25) is 18.1 Å². The van der Waals surface area contributed by atoms with Gasteiger partial charge in [0.1, 0.15) is 23.8 Å². The molecule has 0 aliphatic carbocycles. The molecule has 0 spiro atoms. The molecule has 0 saturated carbocycles. The third-order valence-corrected chi connectivity index (χ3v) is 6.10. The van der Waals surface area contributed by atoms with Gasteiger partial charge in [0.05, 0.1) is 19.3 Å². The van der Waals surface area contributed by atoms with Crippen molar-refractivity contribution >= 4 is 34.4 Å². The Morgan fingerprint density at radius 3 is 2.65 bits per heavy atom. The van der Waals surface area contributed by atoms with Crippen LogP contribution in [-0.2, 0) is 34.8 Å². The standard InChI is InChI=1S/C22H34N2O6S/c1-5-6-13-31(4)14-11-20(26)24-18-8-7-9-19(15-18)29-22(10-12-28-3)30-21(27)16-23-17(2)25/h7-9,15,22H,5-6,10-14,16H2,1-4H3,(H-,23,24,25,26)/p+1. The molecular formula is C22H35N2O6S+. The van der Waals surface area contributed by atoms with Crippen LogP contribution in [0.1, 0.15) is 39.5 Å². The van der Waals surface area contributed by atoms with Crippen molar-refractivity contribution in [3.05, 3.63) is 24.3 Å². The summed E-state index contributed by atoms with van der Waals surface area (Å²) < 4.78 is 16.1. The van der Waals surface area contributed by atoms with E-state index in [1.807, 2.05) is 0 Å². The molecule has 0 fully saturated rings. The van der Waals surface area contributed by atoms with Crippen LogP contribution in [0.3, 0.4) is 0 Å². The average Bonchev–Trinajstić information content (AvgIpc) is 2.73. The number of ether oxygens (including phenoxy) is 3. The van der Waals surface area contributed by atoms with E-state index in [0.717, 1.165) is 11.5 Å². The van der Waals surface area contributed by atoms with E-state index in [1.54, 1.807) is 24.3 Å². The molecule has 2 atom stereocenters. The molecule has 174 valence electrons. The van der Waals surface area contributed by atoms with E-state index in [9.17, 15) is 14.4 Å². The average molecular weight is 456 g/mol. The molecule has 0 aromatic heterocycles. The van der Waals surface area contributed by atoms with Crippen molar-refractivity contribution in [2.45, 2.75) is 45.8 Å². The molecule has 0 aliphatic rings. The van der Waals surface area contributed by atoms with Gasteiger partial charge in [-0.2, -0.15) is 0 Å². The van der Waals surface area contributed by atoms with Gasteiger partial charge < -0.3 is 24.8 Å². The predicted octanol–water partition coefficient (Wildman–Crippen LogP) is 2.48. The first-order valence-corrected chi connectivity index (χ1v) is 12.4. The number of benzene rings is 1. The van der Waals surface area contributed by atoms with Gasteiger partial charge in [-0.15, -0.1) is 0 Å². The molecule has 2 amide bonds. The smallest absolute Gasteiger partial charge is 0.328 e. The molecule has 2 N–H and O–H groups in total. The summed E-state index contributed by atoms with van der Waals surface area (Å²) in [6.45, 7) is 3.57. The van der Waals surface area contributed by atoms with Crippen molar-refractivity contribution in [3.8, 4) is 5.75 Å². The van der Waals surface area contributed by atoms with Crippen LogP contribution in [0.4, 0.5) is 5.69 Å². The van der Waals surface area contributed by atoms with E-state index < -0.39 is 12.3 Å². The summed E-state index contributed by atoms with van der Waals surface area (Å²) in [5.74, 6) is 1.52. The molecule has 0 aliphatic heterocycles. The monoisotopic (exact) mass is 455 g/mol. The van der Waals surface area contributed by atoms with Crippen LogP contribution in [0.2, 0.25) is 0 Å². The summed E-state index contributed by atoms with van der Waals surface area (Å²) >= 11 is 0. The van der Waals surface area contributed by atoms with E-state index in [-0.39, 0.29) is 29.3 Å². The highest BCUT2D eigenvalue weighted by molar-refractivity contribution is 7.96. The second-order valence-corrected chi connectivity index (χ2v) is 9.48. The molecule has 9 heteroatoms. The second-order valence-electron chi connectivity index (χ2n) is 7.10. The normalized spacial score (nSPS) is 12.5. The largest absolute Gasteiger partial charge is 0.455 e. The molecule has 0 bridgehead atoms. The van der Waals surface area contributed by atoms with Crippen LogP contribution >= 0.6 is 0 Å². The Morgan fingerprint density at radius 2 is 1.97 bits per heavy atom. The maximum absolute atomic E-state index is 12.3. The fourth-order valence-electron chi connectivity index (χ4n) is 2.52. The minimum absolute atomic E-state index is 0.0364. The first-order chi connectivity index (χ1) is 14.8. The van der Waals surface area contributed by atoms with Gasteiger partial charge in [-0.3, -0.25) is 14.4 Å². The predicted molar refractivity (Wildman–Crippen MR) is 123 cm³/mol. The minimum atomic E-state index is -0.882. The van der Waals surface area contributed by atoms with Gasteiger partial charge in [0, 0.05) is 32.2 Å². The van der Waals surface area contributed by atoms with Crippen molar-refractivity contribution in [2.24, 2.45) is 0 Å². The van der Waals surface area contributed by atoms with Crippen LogP contribution in [-0.4, -0.2) is 62.1 Å². The fourth-order valence-corrected chi connectivity index (χ4v) is 4.04. The zero-order chi connectivity index (χ0) is 23.1. The van der Waals surface area contributed by atoms with Crippen LogP contribution in [0.25, 0.3) is 0 Å². The number of amides is 2. The summed E-state index contributed by atoms with van der Waals surface area (Å²) in [5, 5.41) is 5.27. The molecule has 0 heterocycles. The molecule has 1 aromatic carbocycles. The number of carbonyl (C=O) groups excluding carboxylic acids is 3. The van der Waals surface area contributed by atoms with E-state index in [2.05, 4.69) is 23.8 Å². The van der Waals surface area contributed by atoms with E-state index >= 15 is 0 Å². The van der Waals surface area contributed by atoms with E-state index in [1.165, 1.54) is 26.9 Å². The Labute approximate surface area is 187 Å². The lowest BCUT2D eigenvalue weighted by molar-refractivity contribution is -0.165. The lowest BCUT2D eigenvalue weighted by atomic mass is 10.3. The van der Waals surface area contributed by atoms with Crippen LogP contribution in [0.5, 0.6) is 5.75 Å². The molecule has 0 radical (unpaired) electrons. The van der Waals surface area contributed by atoms with Gasteiger partial charge >= 0.3 is 5.97 Å². The lowest BCUT2D eigenvalue weighted by Crippen LogP contribution is -2.33. The highest BCUT2D eigenvalue weighted by Gasteiger charge is 2.17. The second kappa shape index (κ2) is 15.5. The molecule has 0 saturated heterocycles. The molecule has 2 unspecified atom stereocenters. The number of methoxy groups -OCH3 is 1. The Morgan fingerprint density at radius 1 is 1.19 bits per heavy atom. The third-order valence-electron chi connectivity index (χ3n) is 4.21. The van der Waals surface area contributed by atoms with Gasteiger partial charge in [-0.1, -0.05) is 19.4 Å². The summed E-state index contributed by atoms with van der Waals surface area (Å²) in [6.07, 6.45) is 4.48. The Bertz CT molecular complexity index is 700. The van der Waals surface area contributed by atoms with Crippen LogP contribution in [0.15, 0.2) is 24.3 Å². The van der Waals surface area contributed by atoms with Crippen molar-refractivity contribution in [1.29, 1.82) is 0 Å². The van der Waals surface area contributed by atoms with Crippen molar-refractivity contribution in [1.82, 2.24) is 5.32 Å². The van der Waals surface area contributed by atoms with E-state index in [4.69, 9.17) is 14.2 Å². The Kier molecular flexibility index (Phi) is 13.4. The first-order valence-electron chi connectivity index (χ1n) is 10.4. The Hall–Kier alpha value is -2.26. The maximum Gasteiger partial charge on any atom is 0.328 e. The summed E-state index contributed by atoms with van der Waals surface area (Å²) in [4.78, 5) is 35.1. The van der Waals surface area contributed by atoms with Gasteiger partial charge in [0.25, 0.3) is 0 Å². The van der Waals surface area contributed by atoms with Gasteiger partial charge in [0.15, 0.2) is 0 Å². The number of hydrogen-bond acceptors (Lipinski definition) is 6. The summed E-state index contributed by atoms with van der Waals surface area (Å²) in [6, 6.07) is 6.93. The minimum Gasteiger partial charge on any atom is -0.455 e. The third kappa shape index (κ3) is 12.9. The quantitative estimate of drug-likeness (QED) is 0.239. The molecule has 1 rings (SSSR count). The van der Waals surface area contributed by atoms with E-state index in [0.29, 0.717) is 30.9 Å². The zero-order valence-electron chi connectivity index (χ0n) is 18.9. The van der Waals surface area contributed by atoms with Crippen molar-refractivity contribution < 1.29 is 28.6 Å². The molecule has 31 heavy (non-hydrogen) atoms. The number of anilines is 1. The van der Waals surface area contributed by atoms with Crippen LogP contribution < -0.4 is 15.4 Å². The summed E-state index contributed by atoms with van der Waals surface area (Å²) in [5.41, 5.74) is 0.613. The molecule has 1 aromatic rings. The van der Waals surface area contributed by atoms with Crippen LogP contribution in [0, 0.1) is 0 Å². The van der Waals surface area contributed by atoms with Gasteiger partial charge in [-0.25, -0.2) is 0 Å². The fraction of sp³-hybridized carbons (Fsp3) is 0.591. The number of carbonyl (C=O) groups is 3. The maximum atomic E-state index is 12.3. The number of rotatable bonds is 15.